The molecule has 0 saturated heterocycles. The highest BCUT2D eigenvalue weighted by atomic mass is 16.4. The Morgan fingerprint density at radius 3 is 1.92 bits per heavy atom. The van der Waals surface area contributed by atoms with E-state index in [4.69, 9.17) is 0 Å². The van der Waals surface area contributed by atoms with Crippen LogP contribution in [0.25, 0.3) is 0 Å². The van der Waals surface area contributed by atoms with Crippen molar-refractivity contribution in [1.82, 2.24) is 5.32 Å². The number of rotatable bonds is 7. The fourth-order valence-electron chi connectivity index (χ4n) is 6.48. The summed E-state index contributed by atoms with van der Waals surface area (Å²) >= 11 is 0. The SMILES string of the molecule is CC1CC2CC(C1)CC(C)(NC(=O)c1ccc(Nc3ccc(Nc4ccccc4C(=O)O)cc3)cc1)C2. The second kappa shape index (κ2) is 10.3. The summed E-state index contributed by atoms with van der Waals surface area (Å²) in [6.45, 7) is 4.58. The van der Waals surface area contributed by atoms with Crippen molar-refractivity contribution in [2.75, 3.05) is 10.6 Å². The second-order valence-electron chi connectivity index (χ2n) is 11.2. The summed E-state index contributed by atoms with van der Waals surface area (Å²) in [5, 5.41) is 19.2. The van der Waals surface area contributed by atoms with Crippen molar-refractivity contribution < 1.29 is 14.7 Å². The van der Waals surface area contributed by atoms with Gasteiger partial charge in [-0.25, -0.2) is 4.79 Å². The lowest BCUT2D eigenvalue weighted by molar-refractivity contribution is 0.0614. The molecular weight excluding hydrogens is 462 g/mol. The molecule has 6 nitrogen and oxygen atoms in total. The number of hydrogen-bond donors (Lipinski definition) is 4. The highest BCUT2D eigenvalue weighted by Crippen LogP contribution is 2.46. The molecule has 2 atom stereocenters. The molecule has 2 aliphatic rings. The normalized spacial score (nSPS) is 24.6. The Kier molecular flexibility index (Phi) is 6.92. The van der Waals surface area contributed by atoms with Crippen LogP contribution < -0.4 is 16.0 Å². The van der Waals surface area contributed by atoms with Crippen molar-refractivity contribution in [3.8, 4) is 0 Å². The third-order valence-electron chi connectivity index (χ3n) is 7.79. The molecule has 5 rings (SSSR count). The summed E-state index contributed by atoms with van der Waals surface area (Å²) in [6, 6.07) is 22.0. The molecule has 2 unspecified atom stereocenters. The van der Waals surface area contributed by atoms with E-state index in [1.807, 2.05) is 48.5 Å². The number of aromatic carboxylic acids is 1. The number of fused-ring (bicyclic) bond motifs is 2. The van der Waals surface area contributed by atoms with E-state index in [-0.39, 0.29) is 17.0 Å². The molecule has 2 bridgehead atoms. The third kappa shape index (κ3) is 5.96. The highest BCUT2D eigenvalue weighted by molar-refractivity contribution is 5.95. The second-order valence-corrected chi connectivity index (χ2v) is 11.2. The van der Waals surface area contributed by atoms with Gasteiger partial charge in [0.25, 0.3) is 5.91 Å². The molecule has 2 fully saturated rings. The summed E-state index contributed by atoms with van der Waals surface area (Å²) in [4.78, 5) is 24.5. The molecule has 0 aromatic heterocycles. The minimum atomic E-state index is -0.969. The van der Waals surface area contributed by atoms with Gasteiger partial charge in [0, 0.05) is 28.2 Å². The number of amides is 1. The maximum Gasteiger partial charge on any atom is 0.337 e. The first-order valence-corrected chi connectivity index (χ1v) is 13.2. The Labute approximate surface area is 218 Å². The van der Waals surface area contributed by atoms with Gasteiger partial charge in [-0.15, -0.1) is 0 Å². The van der Waals surface area contributed by atoms with Crippen LogP contribution in [0, 0.1) is 17.8 Å². The van der Waals surface area contributed by atoms with Crippen LogP contribution in [0.3, 0.4) is 0 Å². The van der Waals surface area contributed by atoms with E-state index >= 15 is 0 Å². The van der Waals surface area contributed by atoms with Crippen molar-refractivity contribution in [2.24, 2.45) is 17.8 Å². The van der Waals surface area contributed by atoms with Gasteiger partial charge in [0.2, 0.25) is 0 Å². The topological polar surface area (TPSA) is 90.5 Å². The van der Waals surface area contributed by atoms with E-state index < -0.39 is 5.97 Å². The Morgan fingerprint density at radius 2 is 1.32 bits per heavy atom. The lowest BCUT2D eigenvalue weighted by atomic mass is 9.62. The molecule has 4 N–H and O–H groups in total. The molecule has 1 amide bonds. The Hall–Kier alpha value is -3.80. The molecule has 192 valence electrons. The molecule has 2 aliphatic carbocycles. The molecule has 0 spiro atoms. The molecule has 0 aliphatic heterocycles. The van der Waals surface area contributed by atoms with Crippen molar-refractivity contribution in [3.63, 3.8) is 0 Å². The molecule has 2 saturated carbocycles. The smallest absolute Gasteiger partial charge is 0.337 e. The Balaban J connectivity index is 1.18. The van der Waals surface area contributed by atoms with Gasteiger partial charge in [0.1, 0.15) is 0 Å². The number of anilines is 4. The van der Waals surface area contributed by atoms with Gasteiger partial charge in [-0.1, -0.05) is 19.1 Å². The van der Waals surface area contributed by atoms with Crippen molar-refractivity contribution in [3.05, 3.63) is 83.9 Å². The maximum atomic E-state index is 13.1. The van der Waals surface area contributed by atoms with Crippen molar-refractivity contribution in [1.29, 1.82) is 0 Å². The monoisotopic (exact) mass is 497 g/mol. The fraction of sp³-hybridized carbons (Fsp3) is 0.355. The van der Waals surface area contributed by atoms with Crippen LogP contribution >= 0.6 is 0 Å². The van der Waals surface area contributed by atoms with Gasteiger partial charge < -0.3 is 21.1 Å². The van der Waals surface area contributed by atoms with E-state index in [1.54, 1.807) is 24.3 Å². The quantitative estimate of drug-likeness (QED) is 0.277. The number of hydrogen-bond acceptors (Lipinski definition) is 4. The van der Waals surface area contributed by atoms with Gasteiger partial charge in [-0.3, -0.25) is 4.79 Å². The molecule has 37 heavy (non-hydrogen) atoms. The van der Waals surface area contributed by atoms with E-state index in [2.05, 4.69) is 29.8 Å². The van der Waals surface area contributed by atoms with Gasteiger partial charge in [-0.2, -0.15) is 0 Å². The van der Waals surface area contributed by atoms with Crippen LogP contribution in [-0.4, -0.2) is 22.5 Å². The minimum Gasteiger partial charge on any atom is -0.478 e. The van der Waals surface area contributed by atoms with E-state index in [9.17, 15) is 14.7 Å². The number of carbonyl (C=O) groups excluding carboxylic acids is 1. The maximum absolute atomic E-state index is 13.1. The molecule has 3 aromatic rings. The first-order valence-electron chi connectivity index (χ1n) is 13.2. The van der Waals surface area contributed by atoms with Gasteiger partial charge in [0.15, 0.2) is 0 Å². The number of para-hydroxylation sites is 1. The largest absolute Gasteiger partial charge is 0.478 e. The number of benzene rings is 3. The first kappa shape index (κ1) is 24.9. The van der Waals surface area contributed by atoms with Crippen LogP contribution in [0.2, 0.25) is 0 Å². The summed E-state index contributed by atoms with van der Waals surface area (Å²) in [5.74, 6) is 1.30. The predicted molar refractivity (Wildman–Crippen MR) is 148 cm³/mol. The van der Waals surface area contributed by atoms with Crippen LogP contribution in [0.1, 0.15) is 66.7 Å². The van der Waals surface area contributed by atoms with Crippen LogP contribution in [-0.2, 0) is 0 Å². The lowest BCUT2D eigenvalue weighted by Gasteiger charge is -2.47. The number of carboxylic acids is 1. The van der Waals surface area contributed by atoms with Crippen molar-refractivity contribution in [2.45, 2.75) is 51.5 Å². The zero-order valence-electron chi connectivity index (χ0n) is 21.5. The molecule has 6 heteroatoms. The van der Waals surface area contributed by atoms with E-state index in [0.717, 1.165) is 47.7 Å². The van der Waals surface area contributed by atoms with Gasteiger partial charge in [-0.05, 0) is 117 Å². The van der Waals surface area contributed by atoms with Crippen molar-refractivity contribution >= 4 is 34.6 Å². The third-order valence-corrected chi connectivity index (χ3v) is 7.79. The average Bonchev–Trinajstić information content (AvgIpc) is 2.84. The molecule has 0 radical (unpaired) electrons. The van der Waals surface area contributed by atoms with Crippen LogP contribution in [0.15, 0.2) is 72.8 Å². The standard InChI is InChI=1S/C31H35N3O3/c1-20-15-21-17-22(16-20)19-31(2,18-21)34-29(35)23-7-9-24(10-8-23)32-25-11-13-26(14-12-25)33-28-6-4-3-5-27(28)30(36)37/h3-14,20-22,32-33H,15-19H2,1-2H3,(H,34,35)(H,36,37). The van der Waals surface area contributed by atoms with Crippen LogP contribution in [0.4, 0.5) is 22.7 Å². The Bertz CT molecular complexity index is 1250. The number of carbonyl (C=O) groups is 2. The lowest BCUT2D eigenvalue weighted by Crippen LogP contribution is -2.52. The van der Waals surface area contributed by atoms with Crippen LogP contribution in [0.5, 0.6) is 0 Å². The van der Waals surface area contributed by atoms with E-state index in [0.29, 0.717) is 11.3 Å². The van der Waals surface area contributed by atoms with E-state index in [1.165, 1.54) is 19.3 Å². The molecule has 0 heterocycles. The molecule has 3 aromatic carbocycles. The van der Waals surface area contributed by atoms with Gasteiger partial charge >= 0.3 is 5.97 Å². The first-order chi connectivity index (χ1) is 17.8. The summed E-state index contributed by atoms with van der Waals surface area (Å²) in [6.07, 6.45) is 6.05. The summed E-state index contributed by atoms with van der Waals surface area (Å²) in [7, 11) is 0. The predicted octanol–water partition coefficient (Wildman–Crippen LogP) is 7.21. The summed E-state index contributed by atoms with van der Waals surface area (Å²) in [5.41, 5.74) is 3.90. The number of carboxylic acid groups (broad SMARTS) is 1. The molecular formula is C31H35N3O3. The fourth-order valence-corrected chi connectivity index (χ4v) is 6.48. The Morgan fingerprint density at radius 1 is 0.784 bits per heavy atom. The zero-order valence-corrected chi connectivity index (χ0v) is 21.5. The van der Waals surface area contributed by atoms with Gasteiger partial charge in [0.05, 0.1) is 11.3 Å². The number of nitrogens with one attached hydrogen (secondary N) is 3. The summed E-state index contributed by atoms with van der Waals surface area (Å²) < 4.78 is 0. The zero-order chi connectivity index (χ0) is 26.0. The average molecular weight is 498 g/mol. The minimum absolute atomic E-state index is 0.000795. The highest BCUT2D eigenvalue weighted by Gasteiger charge is 2.41.